The zero-order valence-electron chi connectivity index (χ0n) is 10.5. The zero-order chi connectivity index (χ0) is 15.3. The fourth-order valence-electron chi connectivity index (χ4n) is 1.40. The highest BCUT2D eigenvalue weighted by molar-refractivity contribution is 5.99. The number of hydrogen-bond acceptors (Lipinski definition) is 6. The zero-order valence-corrected chi connectivity index (χ0v) is 10.5. The van der Waals surface area contributed by atoms with E-state index in [0.717, 1.165) is 25.3 Å². The van der Waals surface area contributed by atoms with Gasteiger partial charge in [-0.3, -0.25) is 9.59 Å². The first kappa shape index (κ1) is 15.3. The molecule has 0 saturated heterocycles. The van der Waals surface area contributed by atoms with Gasteiger partial charge in [0.25, 0.3) is 5.91 Å². The second-order valence-electron chi connectivity index (χ2n) is 3.85. The summed E-state index contributed by atoms with van der Waals surface area (Å²) >= 11 is 0. The summed E-state index contributed by atoms with van der Waals surface area (Å²) < 4.78 is 4.32. The number of aliphatic carboxylic acids is 1. The van der Waals surface area contributed by atoms with E-state index in [1.54, 1.807) is 0 Å². The third-order valence-corrected chi connectivity index (χ3v) is 2.43. The SMILES string of the molecule is COC(=O)C[C@H](NC(=O)c1ccc(O)cc1O)C(=O)O. The molecule has 0 bridgehead atoms. The molecule has 0 aromatic heterocycles. The summed E-state index contributed by atoms with van der Waals surface area (Å²) in [5.74, 6) is -3.86. The average Bonchev–Trinajstić information content (AvgIpc) is 2.37. The molecular formula is C12H13NO7. The minimum Gasteiger partial charge on any atom is -0.508 e. The smallest absolute Gasteiger partial charge is 0.326 e. The van der Waals surface area contributed by atoms with Gasteiger partial charge in [0, 0.05) is 6.07 Å². The summed E-state index contributed by atoms with van der Waals surface area (Å²) in [6.07, 6.45) is -0.545. The Bertz CT molecular complexity index is 541. The number of aromatic hydroxyl groups is 2. The number of carbonyl (C=O) groups is 3. The molecule has 20 heavy (non-hydrogen) atoms. The highest BCUT2D eigenvalue weighted by Crippen LogP contribution is 2.22. The van der Waals surface area contributed by atoms with Gasteiger partial charge >= 0.3 is 11.9 Å². The molecule has 0 saturated carbocycles. The first-order valence-electron chi connectivity index (χ1n) is 5.47. The fourth-order valence-corrected chi connectivity index (χ4v) is 1.40. The maximum Gasteiger partial charge on any atom is 0.326 e. The summed E-state index contributed by atoms with van der Waals surface area (Å²) in [5.41, 5.74) is -0.223. The third kappa shape index (κ3) is 3.87. The normalized spacial score (nSPS) is 11.4. The molecule has 0 aliphatic heterocycles. The molecule has 0 fully saturated rings. The topological polar surface area (TPSA) is 133 Å². The van der Waals surface area contributed by atoms with E-state index in [4.69, 9.17) is 10.2 Å². The van der Waals surface area contributed by atoms with Gasteiger partial charge in [0.1, 0.15) is 17.5 Å². The lowest BCUT2D eigenvalue weighted by Gasteiger charge is -2.13. The predicted molar refractivity (Wildman–Crippen MR) is 65.3 cm³/mol. The Morgan fingerprint density at radius 2 is 1.95 bits per heavy atom. The predicted octanol–water partition coefficient (Wildman–Crippen LogP) is -0.156. The number of rotatable bonds is 5. The van der Waals surface area contributed by atoms with Gasteiger partial charge in [-0.15, -0.1) is 0 Å². The Kier molecular flexibility index (Phi) is 4.90. The van der Waals surface area contributed by atoms with Crippen molar-refractivity contribution in [1.29, 1.82) is 0 Å². The van der Waals surface area contributed by atoms with Gasteiger partial charge < -0.3 is 25.4 Å². The lowest BCUT2D eigenvalue weighted by Crippen LogP contribution is -2.42. The number of methoxy groups -OCH3 is 1. The Morgan fingerprint density at radius 3 is 2.45 bits per heavy atom. The molecule has 4 N–H and O–H groups in total. The Morgan fingerprint density at radius 1 is 1.30 bits per heavy atom. The van der Waals surface area contributed by atoms with Gasteiger partial charge in [0.2, 0.25) is 0 Å². The molecule has 8 nitrogen and oxygen atoms in total. The summed E-state index contributed by atoms with van der Waals surface area (Å²) in [4.78, 5) is 33.8. The van der Waals surface area contributed by atoms with Crippen molar-refractivity contribution in [2.45, 2.75) is 12.5 Å². The van der Waals surface area contributed by atoms with Gasteiger partial charge in [-0.25, -0.2) is 4.79 Å². The number of amides is 1. The van der Waals surface area contributed by atoms with Crippen molar-refractivity contribution in [2.24, 2.45) is 0 Å². The van der Waals surface area contributed by atoms with Crippen LogP contribution in [-0.4, -0.2) is 46.3 Å². The van der Waals surface area contributed by atoms with Crippen LogP contribution in [-0.2, 0) is 14.3 Å². The third-order valence-electron chi connectivity index (χ3n) is 2.43. The van der Waals surface area contributed by atoms with Crippen LogP contribution < -0.4 is 5.32 Å². The van der Waals surface area contributed by atoms with Crippen LogP contribution in [0.25, 0.3) is 0 Å². The van der Waals surface area contributed by atoms with E-state index >= 15 is 0 Å². The Balaban J connectivity index is 2.85. The van der Waals surface area contributed by atoms with E-state index in [0.29, 0.717) is 0 Å². The quantitative estimate of drug-likeness (QED) is 0.552. The molecular weight excluding hydrogens is 270 g/mol. The second-order valence-corrected chi connectivity index (χ2v) is 3.85. The molecule has 1 amide bonds. The van der Waals surface area contributed by atoms with Crippen molar-refractivity contribution in [2.75, 3.05) is 7.11 Å². The van der Waals surface area contributed by atoms with Crippen molar-refractivity contribution in [3.63, 3.8) is 0 Å². The molecule has 1 rings (SSSR count). The maximum absolute atomic E-state index is 11.8. The summed E-state index contributed by atoms with van der Waals surface area (Å²) in [6, 6.07) is 1.73. The molecule has 0 unspecified atom stereocenters. The molecule has 1 atom stereocenters. The molecule has 8 heteroatoms. The standard InChI is InChI=1S/C12H13NO7/c1-20-10(16)5-8(12(18)19)13-11(17)7-3-2-6(14)4-9(7)15/h2-4,8,14-15H,5H2,1H3,(H,13,17)(H,18,19)/t8-/m0/s1. The largest absolute Gasteiger partial charge is 0.508 e. The van der Waals surface area contributed by atoms with Crippen LogP contribution in [0.2, 0.25) is 0 Å². The monoisotopic (exact) mass is 283 g/mol. The van der Waals surface area contributed by atoms with Crippen LogP contribution >= 0.6 is 0 Å². The minimum atomic E-state index is -1.48. The number of carboxylic acids is 1. The van der Waals surface area contributed by atoms with Crippen molar-refractivity contribution in [3.05, 3.63) is 23.8 Å². The number of phenolic OH excluding ortho intramolecular Hbond substituents is 2. The average molecular weight is 283 g/mol. The lowest BCUT2D eigenvalue weighted by atomic mass is 10.1. The van der Waals surface area contributed by atoms with E-state index in [-0.39, 0.29) is 11.3 Å². The molecule has 108 valence electrons. The Labute approximate surface area is 113 Å². The maximum atomic E-state index is 11.8. The van der Waals surface area contributed by atoms with Gasteiger partial charge in [0.05, 0.1) is 19.1 Å². The van der Waals surface area contributed by atoms with Crippen molar-refractivity contribution in [3.8, 4) is 11.5 Å². The van der Waals surface area contributed by atoms with Crippen molar-refractivity contribution >= 4 is 17.8 Å². The van der Waals surface area contributed by atoms with Crippen molar-refractivity contribution in [1.82, 2.24) is 5.32 Å². The molecule has 1 aromatic rings. The highest BCUT2D eigenvalue weighted by Gasteiger charge is 2.25. The number of carbonyl (C=O) groups excluding carboxylic acids is 2. The van der Waals surface area contributed by atoms with Crippen LogP contribution in [0, 0.1) is 0 Å². The van der Waals surface area contributed by atoms with Crippen LogP contribution in [0.4, 0.5) is 0 Å². The number of hydrogen-bond donors (Lipinski definition) is 4. The second kappa shape index (κ2) is 6.41. The lowest BCUT2D eigenvalue weighted by molar-refractivity contribution is -0.147. The van der Waals surface area contributed by atoms with E-state index in [9.17, 15) is 19.5 Å². The fraction of sp³-hybridized carbons (Fsp3) is 0.250. The first-order valence-corrected chi connectivity index (χ1v) is 5.47. The number of esters is 1. The van der Waals surface area contributed by atoms with E-state index in [1.165, 1.54) is 0 Å². The van der Waals surface area contributed by atoms with Crippen LogP contribution in [0.15, 0.2) is 18.2 Å². The van der Waals surface area contributed by atoms with Crippen LogP contribution in [0.1, 0.15) is 16.8 Å². The van der Waals surface area contributed by atoms with Gasteiger partial charge in [-0.1, -0.05) is 0 Å². The molecule has 0 radical (unpaired) electrons. The molecule has 0 heterocycles. The summed E-state index contributed by atoms with van der Waals surface area (Å²) in [5, 5.41) is 29.6. The number of ether oxygens (including phenoxy) is 1. The van der Waals surface area contributed by atoms with E-state index in [1.807, 2.05) is 0 Å². The Hall–Kier alpha value is -2.77. The number of benzene rings is 1. The molecule has 0 spiro atoms. The van der Waals surface area contributed by atoms with Crippen LogP contribution in [0.3, 0.4) is 0 Å². The van der Waals surface area contributed by atoms with E-state index in [2.05, 4.69) is 10.1 Å². The molecule has 1 aromatic carbocycles. The van der Waals surface area contributed by atoms with Gasteiger partial charge in [-0.05, 0) is 12.1 Å². The van der Waals surface area contributed by atoms with Gasteiger partial charge in [0.15, 0.2) is 0 Å². The highest BCUT2D eigenvalue weighted by atomic mass is 16.5. The van der Waals surface area contributed by atoms with Crippen LogP contribution in [0.5, 0.6) is 11.5 Å². The molecule has 0 aliphatic rings. The number of phenols is 2. The van der Waals surface area contributed by atoms with Crippen molar-refractivity contribution < 1.29 is 34.4 Å². The summed E-state index contributed by atoms with van der Waals surface area (Å²) in [7, 11) is 1.09. The summed E-state index contributed by atoms with van der Waals surface area (Å²) in [6.45, 7) is 0. The molecule has 0 aliphatic carbocycles. The number of nitrogens with one attached hydrogen (secondary N) is 1. The minimum absolute atomic E-state index is 0.223. The first-order chi connectivity index (χ1) is 9.35. The van der Waals surface area contributed by atoms with Gasteiger partial charge in [-0.2, -0.15) is 0 Å². The van der Waals surface area contributed by atoms with E-state index < -0.39 is 36.1 Å². The number of carboxylic acid groups (broad SMARTS) is 1.